The van der Waals surface area contributed by atoms with Gasteiger partial charge in [-0.15, -0.1) is 0 Å². The fraction of sp³-hybridized carbons (Fsp3) is 0.400. The number of para-hydroxylation sites is 1. The minimum Gasteiger partial charge on any atom is -0.354 e. The van der Waals surface area contributed by atoms with Gasteiger partial charge in [-0.1, -0.05) is 17.3 Å². The van der Waals surface area contributed by atoms with Crippen molar-refractivity contribution in [3.05, 3.63) is 24.3 Å². The summed E-state index contributed by atoms with van der Waals surface area (Å²) in [4.78, 5) is 28.4. The highest BCUT2D eigenvalue weighted by Gasteiger charge is 2.59. The molecule has 6 heteroatoms. The summed E-state index contributed by atoms with van der Waals surface area (Å²) < 4.78 is 5.23. The summed E-state index contributed by atoms with van der Waals surface area (Å²) in [6.07, 6.45) is 3.02. The maximum absolute atomic E-state index is 12.7. The molecule has 21 heavy (non-hydrogen) atoms. The van der Waals surface area contributed by atoms with Crippen molar-refractivity contribution in [2.24, 2.45) is 5.92 Å². The van der Waals surface area contributed by atoms with Gasteiger partial charge in [-0.3, -0.25) is 4.79 Å². The van der Waals surface area contributed by atoms with Crippen molar-refractivity contribution in [1.82, 2.24) is 10.1 Å². The average molecular weight is 283 g/mol. The molecule has 3 atom stereocenters. The molecule has 3 fully saturated rings. The molecule has 0 N–H and O–H groups in total. The SMILES string of the molecule is O=C1[C@H]2C3CCC(C3)N2C(=O)N1c1noc2ccccc12. The lowest BCUT2D eigenvalue weighted by molar-refractivity contribution is -0.120. The molecule has 3 heterocycles. The number of piperidine rings is 1. The van der Waals surface area contributed by atoms with Gasteiger partial charge in [0.15, 0.2) is 11.4 Å². The van der Waals surface area contributed by atoms with Gasteiger partial charge in [0, 0.05) is 6.04 Å². The van der Waals surface area contributed by atoms with Crippen LogP contribution in [0.2, 0.25) is 0 Å². The number of fused-ring (bicyclic) bond motifs is 6. The third-order valence-electron chi connectivity index (χ3n) is 5.04. The summed E-state index contributed by atoms with van der Waals surface area (Å²) in [5.41, 5.74) is 0.586. The molecule has 106 valence electrons. The predicted molar refractivity (Wildman–Crippen MR) is 73.6 cm³/mol. The monoisotopic (exact) mass is 283 g/mol. The molecule has 5 rings (SSSR count). The first-order chi connectivity index (χ1) is 10.3. The van der Waals surface area contributed by atoms with Crippen LogP contribution < -0.4 is 4.90 Å². The zero-order valence-corrected chi connectivity index (χ0v) is 11.2. The molecule has 1 saturated carbocycles. The van der Waals surface area contributed by atoms with Crippen LogP contribution in [0.5, 0.6) is 0 Å². The molecule has 1 aromatic heterocycles. The highest BCUT2D eigenvalue weighted by molar-refractivity contribution is 6.23. The van der Waals surface area contributed by atoms with Gasteiger partial charge in [-0.05, 0) is 37.3 Å². The van der Waals surface area contributed by atoms with Crippen LogP contribution in [-0.4, -0.2) is 34.1 Å². The van der Waals surface area contributed by atoms with Crippen LogP contribution >= 0.6 is 0 Å². The number of amides is 3. The lowest BCUT2D eigenvalue weighted by Crippen LogP contribution is -2.40. The molecular formula is C15H13N3O3. The van der Waals surface area contributed by atoms with Crippen LogP contribution in [-0.2, 0) is 4.79 Å². The standard InChI is InChI=1S/C15H13N3O3/c19-14-12-8-5-6-9(7-8)17(12)15(20)18(14)13-10-3-1-2-4-11(10)21-16-13/h1-4,8-9,12H,5-7H2/t8?,9?,12-/m1/s1. The minimum atomic E-state index is -0.285. The lowest BCUT2D eigenvalue weighted by Gasteiger charge is -2.25. The topological polar surface area (TPSA) is 66.7 Å². The number of benzene rings is 1. The first-order valence-electron chi connectivity index (χ1n) is 7.26. The first kappa shape index (κ1) is 11.3. The second-order valence-corrected chi connectivity index (χ2v) is 6.04. The van der Waals surface area contributed by atoms with Crippen LogP contribution in [0.3, 0.4) is 0 Å². The molecule has 0 radical (unpaired) electrons. The Labute approximate surface area is 120 Å². The van der Waals surface area contributed by atoms with Crippen LogP contribution in [0.25, 0.3) is 11.0 Å². The van der Waals surface area contributed by atoms with Gasteiger partial charge in [0.1, 0.15) is 6.04 Å². The second kappa shape index (κ2) is 3.63. The highest BCUT2D eigenvalue weighted by Crippen LogP contribution is 2.47. The Bertz CT molecular complexity index is 755. The molecule has 2 bridgehead atoms. The number of hydrogen-bond donors (Lipinski definition) is 0. The van der Waals surface area contributed by atoms with Crippen molar-refractivity contribution >= 4 is 28.7 Å². The summed E-state index contributed by atoms with van der Waals surface area (Å²) in [6, 6.07) is 6.98. The smallest absolute Gasteiger partial charge is 0.333 e. The van der Waals surface area contributed by atoms with Gasteiger partial charge in [0.05, 0.1) is 5.39 Å². The van der Waals surface area contributed by atoms with Gasteiger partial charge in [0.2, 0.25) is 0 Å². The van der Waals surface area contributed by atoms with Gasteiger partial charge < -0.3 is 9.42 Å². The summed E-state index contributed by atoms with van der Waals surface area (Å²) in [5.74, 6) is 0.496. The van der Waals surface area contributed by atoms with Crippen molar-refractivity contribution < 1.29 is 14.1 Å². The number of carbonyl (C=O) groups excluding carboxylic acids is 2. The Morgan fingerprint density at radius 3 is 2.90 bits per heavy atom. The number of anilines is 1. The summed E-state index contributed by atoms with van der Waals surface area (Å²) >= 11 is 0. The van der Waals surface area contributed by atoms with Gasteiger partial charge >= 0.3 is 6.03 Å². The number of carbonyl (C=O) groups is 2. The summed E-state index contributed by atoms with van der Waals surface area (Å²) in [5, 5.41) is 4.66. The van der Waals surface area contributed by atoms with E-state index in [1.807, 2.05) is 18.2 Å². The number of rotatable bonds is 1. The van der Waals surface area contributed by atoms with E-state index in [2.05, 4.69) is 5.16 Å². The molecule has 0 spiro atoms. The normalized spacial score (nSPS) is 30.8. The van der Waals surface area contributed by atoms with E-state index < -0.39 is 0 Å². The molecule has 1 aliphatic carbocycles. The van der Waals surface area contributed by atoms with E-state index in [-0.39, 0.29) is 24.0 Å². The van der Waals surface area contributed by atoms with E-state index in [4.69, 9.17) is 4.52 Å². The van der Waals surface area contributed by atoms with Crippen molar-refractivity contribution in [1.29, 1.82) is 0 Å². The van der Waals surface area contributed by atoms with Crippen molar-refractivity contribution in [3.8, 4) is 0 Å². The lowest BCUT2D eigenvalue weighted by atomic mass is 9.99. The Morgan fingerprint density at radius 2 is 2.05 bits per heavy atom. The molecule has 3 amide bonds. The molecule has 3 aliphatic rings. The van der Waals surface area contributed by atoms with Gasteiger partial charge in [-0.2, -0.15) is 0 Å². The fourth-order valence-electron chi connectivity index (χ4n) is 4.15. The predicted octanol–water partition coefficient (Wildman–Crippen LogP) is 2.15. The van der Waals surface area contributed by atoms with Crippen molar-refractivity contribution in [3.63, 3.8) is 0 Å². The van der Waals surface area contributed by atoms with E-state index >= 15 is 0 Å². The number of imide groups is 1. The Balaban J connectivity index is 1.64. The van der Waals surface area contributed by atoms with E-state index in [1.165, 1.54) is 4.90 Å². The molecule has 2 unspecified atom stereocenters. The van der Waals surface area contributed by atoms with Crippen molar-refractivity contribution in [2.45, 2.75) is 31.3 Å². The third-order valence-corrected chi connectivity index (χ3v) is 5.04. The largest absolute Gasteiger partial charge is 0.354 e. The summed E-state index contributed by atoms with van der Waals surface area (Å²) in [6.45, 7) is 0. The molecule has 2 saturated heterocycles. The maximum Gasteiger partial charge on any atom is 0.333 e. The molecule has 1 aromatic carbocycles. The van der Waals surface area contributed by atoms with Crippen LogP contribution in [0.15, 0.2) is 28.8 Å². The molecule has 2 aliphatic heterocycles. The Hall–Kier alpha value is -2.37. The molecule has 2 aromatic rings. The second-order valence-electron chi connectivity index (χ2n) is 6.04. The summed E-state index contributed by atoms with van der Waals surface area (Å²) in [7, 11) is 0. The van der Waals surface area contributed by atoms with Crippen LogP contribution in [0, 0.1) is 5.92 Å². The maximum atomic E-state index is 12.7. The highest BCUT2D eigenvalue weighted by atomic mass is 16.5. The quantitative estimate of drug-likeness (QED) is 0.752. The van der Waals surface area contributed by atoms with Gasteiger partial charge in [-0.25, -0.2) is 9.69 Å². The van der Waals surface area contributed by atoms with E-state index in [0.29, 0.717) is 22.7 Å². The van der Waals surface area contributed by atoms with E-state index in [9.17, 15) is 9.59 Å². The zero-order chi connectivity index (χ0) is 14.1. The third kappa shape index (κ3) is 1.25. The number of nitrogens with zero attached hydrogens (tertiary/aromatic N) is 3. The molecular weight excluding hydrogens is 270 g/mol. The Morgan fingerprint density at radius 1 is 1.19 bits per heavy atom. The minimum absolute atomic E-state index is 0.147. The van der Waals surface area contributed by atoms with E-state index in [0.717, 1.165) is 19.3 Å². The van der Waals surface area contributed by atoms with Crippen molar-refractivity contribution in [2.75, 3.05) is 4.90 Å². The first-order valence-corrected chi connectivity index (χ1v) is 7.26. The van der Waals surface area contributed by atoms with Crippen LogP contribution in [0.4, 0.5) is 10.6 Å². The Kier molecular flexibility index (Phi) is 1.96. The number of hydrogen-bond acceptors (Lipinski definition) is 4. The zero-order valence-electron chi connectivity index (χ0n) is 11.2. The van der Waals surface area contributed by atoms with Gasteiger partial charge in [0.25, 0.3) is 5.91 Å². The average Bonchev–Trinajstić information content (AvgIpc) is 3.23. The molecule has 6 nitrogen and oxygen atoms in total. The number of urea groups is 1. The fourth-order valence-corrected chi connectivity index (χ4v) is 4.15. The van der Waals surface area contributed by atoms with E-state index in [1.54, 1.807) is 11.0 Å². The van der Waals surface area contributed by atoms with Crippen LogP contribution in [0.1, 0.15) is 19.3 Å². The number of aromatic nitrogens is 1.